The standard InChI is InChI=1S/C19H24N4O5/c1-3-23-15-6-5-12(11-14(15)21-17(25)18(23)26)16(24)20-13-7-9-22(10-8-13)19(27)28-4-2/h5-6,11,13H,3-4,7-10H2,1-2H3,(H,20,24)(H,21,25). The second kappa shape index (κ2) is 8.28. The van der Waals surface area contributed by atoms with Gasteiger partial charge in [-0.15, -0.1) is 0 Å². The lowest BCUT2D eigenvalue weighted by Gasteiger charge is -2.31. The molecule has 0 unspecified atom stereocenters. The van der Waals surface area contributed by atoms with E-state index < -0.39 is 11.1 Å². The highest BCUT2D eigenvalue weighted by molar-refractivity contribution is 5.97. The molecule has 1 aromatic carbocycles. The van der Waals surface area contributed by atoms with Gasteiger partial charge in [0.1, 0.15) is 0 Å². The van der Waals surface area contributed by atoms with Crippen molar-refractivity contribution in [1.29, 1.82) is 0 Å². The summed E-state index contributed by atoms with van der Waals surface area (Å²) in [5.41, 5.74) is 0.0960. The topological polar surface area (TPSA) is 114 Å². The molecule has 150 valence electrons. The third-order valence-corrected chi connectivity index (χ3v) is 4.91. The second-order valence-electron chi connectivity index (χ2n) is 6.67. The van der Waals surface area contributed by atoms with E-state index in [4.69, 9.17) is 4.74 Å². The molecule has 0 bridgehead atoms. The van der Waals surface area contributed by atoms with Crippen LogP contribution in [-0.2, 0) is 11.3 Å². The van der Waals surface area contributed by atoms with E-state index in [0.717, 1.165) is 0 Å². The number of nitrogens with one attached hydrogen (secondary N) is 2. The number of nitrogens with zero attached hydrogens (tertiary/aromatic N) is 2. The summed E-state index contributed by atoms with van der Waals surface area (Å²) in [6.07, 6.45) is 0.960. The molecule has 0 aliphatic carbocycles. The molecule has 0 atom stereocenters. The van der Waals surface area contributed by atoms with Crippen LogP contribution in [0.3, 0.4) is 0 Å². The smallest absolute Gasteiger partial charge is 0.409 e. The Morgan fingerprint density at radius 1 is 1.21 bits per heavy atom. The summed E-state index contributed by atoms with van der Waals surface area (Å²) in [5.74, 6) is -0.258. The highest BCUT2D eigenvalue weighted by Gasteiger charge is 2.25. The van der Waals surface area contributed by atoms with Gasteiger partial charge in [0.2, 0.25) is 0 Å². The van der Waals surface area contributed by atoms with Crippen molar-refractivity contribution in [2.75, 3.05) is 19.7 Å². The highest BCUT2D eigenvalue weighted by atomic mass is 16.6. The fraction of sp³-hybridized carbons (Fsp3) is 0.474. The van der Waals surface area contributed by atoms with Crippen LogP contribution in [0.1, 0.15) is 37.0 Å². The van der Waals surface area contributed by atoms with Crippen LogP contribution in [0.25, 0.3) is 11.0 Å². The fourth-order valence-corrected chi connectivity index (χ4v) is 3.42. The summed E-state index contributed by atoms with van der Waals surface area (Å²) in [6.45, 7) is 5.30. The first kappa shape index (κ1) is 19.7. The zero-order valence-corrected chi connectivity index (χ0v) is 16.0. The number of carbonyl (C=O) groups is 2. The van der Waals surface area contributed by atoms with Crippen molar-refractivity contribution in [3.63, 3.8) is 0 Å². The minimum absolute atomic E-state index is 0.0440. The van der Waals surface area contributed by atoms with Crippen LogP contribution < -0.4 is 16.4 Å². The summed E-state index contributed by atoms with van der Waals surface area (Å²) < 4.78 is 6.37. The first-order valence-electron chi connectivity index (χ1n) is 9.44. The lowest BCUT2D eigenvalue weighted by molar-refractivity contribution is 0.0860. The van der Waals surface area contributed by atoms with Gasteiger partial charge in [-0.3, -0.25) is 14.4 Å². The van der Waals surface area contributed by atoms with Gasteiger partial charge >= 0.3 is 17.2 Å². The van der Waals surface area contributed by atoms with Gasteiger partial charge in [0, 0.05) is 31.2 Å². The monoisotopic (exact) mass is 388 g/mol. The third kappa shape index (κ3) is 3.92. The van der Waals surface area contributed by atoms with Crippen molar-refractivity contribution in [1.82, 2.24) is 19.8 Å². The number of aromatic amines is 1. The summed E-state index contributed by atoms with van der Waals surface area (Å²) >= 11 is 0. The summed E-state index contributed by atoms with van der Waals surface area (Å²) in [6, 6.07) is 4.83. The predicted molar refractivity (Wildman–Crippen MR) is 104 cm³/mol. The van der Waals surface area contributed by atoms with Gasteiger partial charge in [0.25, 0.3) is 5.91 Å². The number of aryl methyl sites for hydroxylation is 1. The minimum atomic E-state index is -0.710. The third-order valence-electron chi connectivity index (χ3n) is 4.91. The molecule has 2 heterocycles. The number of H-pyrrole nitrogens is 1. The first-order chi connectivity index (χ1) is 13.4. The molecule has 9 nitrogen and oxygen atoms in total. The van der Waals surface area contributed by atoms with Crippen LogP contribution in [-0.4, -0.2) is 52.2 Å². The van der Waals surface area contributed by atoms with Crippen LogP contribution in [0.15, 0.2) is 27.8 Å². The van der Waals surface area contributed by atoms with Crippen LogP contribution in [0.4, 0.5) is 4.79 Å². The maximum atomic E-state index is 12.6. The van der Waals surface area contributed by atoms with Crippen molar-refractivity contribution in [3.05, 3.63) is 44.5 Å². The van der Waals surface area contributed by atoms with E-state index in [1.54, 1.807) is 36.9 Å². The largest absolute Gasteiger partial charge is 0.450 e. The Balaban J connectivity index is 1.71. The average Bonchev–Trinajstić information content (AvgIpc) is 2.69. The van der Waals surface area contributed by atoms with Crippen LogP contribution in [0.2, 0.25) is 0 Å². The van der Waals surface area contributed by atoms with Crippen molar-refractivity contribution < 1.29 is 14.3 Å². The lowest BCUT2D eigenvalue weighted by atomic mass is 10.0. The van der Waals surface area contributed by atoms with Gasteiger partial charge in [-0.25, -0.2) is 4.79 Å². The van der Waals surface area contributed by atoms with E-state index in [1.165, 1.54) is 4.57 Å². The molecule has 0 saturated carbocycles. The Hall–Kier alpha value is -3.10. The molecule has 1 fully saturated rings. The molecule has 2 aromatic rings. The highest BCUT2D eigenvalue weighted by Crippen LogP contribution is 2.15. The van der Waals surface area contributed by atoms with Gasteiger partial charge in [-0.05, 0) is 44.9 Å². The predicted octanol–water partition coefficient (Wildman–Crippen LogP) is 1.06. The Morgan fingerprint density at radius 2 is 1.93 bits per heavy atom. The van der Waals surface area contributed by atoms with Crippen molar-refractivity contribution in [2.45, 2.75) is 39.3 Å². The Morgan fingerprint density at radius 3 is 2.57 bits per heavy atom. The Labute approximate surface area is 161 Å². The van der Waals surface area contributed by atoms with Crippen molar-refractivity contribution >= 4 is 23.0 Å². The molecule has 1 aliphatic rings. The van der Waals surface area contributed by atoms with Gasteiger partial charge in [-0.1, -0.05) is 0 Å². The Bertz CT molecular complexity index is 1000. The van der Waals surface area contributed by atoms with Gasteiger partial charge in [0.05, 0.1) is 17.6 Å². The molecular formula is C19H24N4O5. The summed E-state index contributed by atoms with van der Waals surface area (Å²) in [7, 11) is 0. The molecule has 0 spiro atoms. The molecule has 9 heteroatoms. The van der Waals surface area contributed by atoms with E-state index in [0.29, 0.717) is 55.7 Å². The zero-order valence-electron chi connectivity index (χ0n) is 16.0. The minimum Gasteiger partial charge on any atom is -0.450 e. The molecule has 1 aromatic heterocycles. The van der Waals surface area contributed by atoms with E-state index in [9.17, 15) is 19.2 Å². The van der Waals surface area contributed by atoms with Crippen LogP contribution in [0.5, 0.6) is 0 Å². The maximum absolute atomic E-state index is 12.6. The molecule has 28 heavy (non-hydrogen) atoms. The van der Waals surface area contributed by atoms with Gasteiger partial charge in [-0.2, -0.15) is 0 Å². The number of likely N-dealkylation sites (tertiary alicyclic amines) is 1. The number of hydrogen-bond donors (Lipinski definition) is 2. The van der Waals surface area contributed by atoms with Gasteiger partial charge in [0.15, 0.2) is 0 Å². The number of fused-ring (bicyclic) bond motifs is 1. The average molecular weight is 388 g/mol. The molecule has 0 radical (unpaired) electrons. The molecule has 2 N–H and O–H groups in total. The van der Waals surface area contributed by atoms with Crippen molar-refractivity contribution in [3.8, 4) is 0 Å². The van der Waals surface area contributed by atoms with E-state index in [-0.39, 0.29) is 18.0 Å². The lowest BCUT2D eigenvalue weighted by Crippen LogP contribution is -2.46. The molecule has 3 rings (SSSR count). The van der Waals surface area contributed by atoms with Crippen molar-refractivity contribution in [2.24, 2.45) is 0 Å². The maximum Gasteiger partial charge on any atom is 0.409 e. The molecule has 1 saturated heterocycles. The number of aromatic nitrogens is 2. The molecule has 1 aliphatic heterocycles. The van der Waals surface area contributed by atoms with Gasteiger partial charge < -0.3 is 24.5 Å². The number of piperidine rings is 1. The molecular weight excluding hydrogens is 364 g/mol. The number of amides is 2. The zero-order chi connectivity index (χ0) is 20.3. The van der Waals surface area contributed by atoms with E-state index in [2.05, 4.69) is 10.3 Å². The fourth-order valence-electron chi connectivity index (χ4n) is 3.42. The summed E-state index contributed by atoms with van der Waals surface area (Å²) in [4.78, 5) is 52.2. The number of ether oxygens (including phenoxy) is 1. The first-order valence-corrected chi connectivity index (χ1v) is 9.44. The number of hydrogen-bond acceptors (Lipinski definition) is 5. The van der Waals surface area contributed by atoms with Crippen LogP contribution in [0, 0.1) is 0 Å². The Kier molecular flexibility index (Phi) is 5.81. The number of benzene rings is 1. The van der Waals surface area contributed by atoms with Crippen LogP contribution >= 0.6 is 0 Å². The second-order valence-corrected chi connectivity index (χ2v) is 6.67. The summed E-state index contributed by atoms with van der Waals surface area (Å²) in [5, 5.41) is 2.97. The normalized spacial score (nSPS) is 14.9. The van der Waals surface area contributed by atoms with E-state index >= 15 is 0 Å². The quantitative estimate of drug-likeness (QED) is 0.761. The van der Waals surface area contributed by atoms with E-state index in [1.807, 2.05) is 0 Å². The number of carbonyl (C=O) groups excluding carboxylic acids is 2. The molecule has 2 amide bonds. The SMILES string of the molecule is CCOC(=O)N1CCC(NC(=O)c2ccc3c(c2)[nH]c(=O)c(=O)n3CC)CC1. The number of rotatable bonds is 4.